The summed E-state index contributed by atoms with van der Waals surface area (Å²) in [6.45, 7) is 8.03. The van der Waals surface area contributed by atoms with Crippen LogP contribution in [0.5, 0.6) is 0 Å². The summed E-state index contributed by atoms with van der Waals surface area (Å²) in [5, 5.41) is 13.8. The highest BCUT2D eigenvalue weighted by Crippen LogP contribution is 2.38. The predicted octanol–water partition coefficient (Wildman–Crippen LogP) is 2.55. The zero-order chi connectivity index (χ0) is 18.6. The summed E-state index contributed by atoms with van der Waals surface area (Å²) in [7, 11) is -3.05. The second-order valence-electron chi connectivity index (χ2n) is 7.59. The molecular weight excluding hydrogens is 465 g/mol. The molecule has 0 amide bonds. The number of halogens is 1. The topological polar surface area (TPSA) is 82.0 Å². The quantitative estimate of drug-likeness (QED) is 0.344. The molecule has 154 valence electrons. The molecule has 1 saturated heterocycles. The second kappa shape index (κ2) is 9.91. The van der Waals surface area contributed by atoms with Crippen LogP contribution in [0.1, 0.15) is 65.7 Å². The zero-order valence-electron chi connectivity index (χ0n) is 16.5. The summed E-state index contributed by atoms with van der Waals surface area (Å²) >= 11 is 0. The van der Waals surface area contributed by atoms with Gasteiger partial charge in [0.05, 0.1) is 22.6 Å². The maximum atomic E-state index is 12.8. The van der Waals surface area contributed by atoms with Gasteiger partial charge in [-0.2, -0.15) is 0 Å². The number of nitrogens with zero attached hydrogens (tertiary/aromatic N) is 2. The van der Waals surface area contributed by atoms with Crippen molar-refractivity contribution >= 4 is 39.8 Å². The minimum Gasteiger partial charge on any atom is -0.388 e. The fourth-order valence-electron chi connectivity index (χ4n) is 3.94. The molecule has 0 aromatic rings. The van der Waals surface area contributed by atoms with Gasteiger partial charge in [-0.1, -0.05) is 33.1 Å². The molecule has 0 atom stereocenters. The Hall–Kier alpha value is -0.0900. The zero-order valence-corrected chi connectivity index (χ0v) is 19.6. The Morgan fingerprint density at radius 3 is 2.35 bits per heavy atom. The van der Waals surface area contributed by atoms with Crippen molar-refractivity contribution in [1.29, 1.82) is 0 Å². The molecule has 1 aliphatic carbocycles. The molecule has 1 aliphatic heterocycles. The molecule has 2 N–H and O–H groups in total. The first kappa shape index (κ1) is 23.9. The van der Waals surface area contributed by atoms with Gasteiger partial charge in [-0.25, -0.2) is 8.42 Å². The lowest BCUT2D eigenvalue weighted by atomic mass is 9.87. The van der Waals surface area contributed by atoms with Crippen molar-refractivity contribution in [3.63, 3.8) is 0 Å². The first-order valence-electron chi connectivity index (χ1n) is 9.79. The smallest absolute Gasteiger partial charge is 0.194 e. The number of nitrogens with one attached hydrogen (secondary N) is 1. The summed E-state index contributed by atoms with van der Waals surface area (Å²) < 4.78 is 24.9. The molecule has 0 bridgehead atoms. The van der Waals surface area contributed by atoms with Gasteiger partial charge in [0.25, 0.3) is 0 Å². The average Bonchev–Trinajstić information content (AvgIpc) is 2.62. The van der Waals surface area contributed by atoms with Crippen LogP contribution in [-0.4, -0.2) is 66.7 Å². The van der Waals surface area contributed by atoms with Crippen LogP contribution in [-0.2, 0) is 9.84 Å². The summed E-state index contributed by atoms with van der Waals surface area (Å²) in [5.41, 5.74) is -0.787. The van der Waals surface area contributed by atoms with Crippen LogP contribution >= 0.6 is 24.0 Å². The van der Waals surface area contributed by atoms with Crippen LogP contribution in [0.3, 0.4) is 0 Å². The average molecular weight is 501 g/mol. The lowest BCUT2D eigenvalue weighted by Crippen LogP contribution is -2.60. The maximum absolute atomic E-state index is 12.8. The maximum Gasteiger partial charge on any atom is 0.194 e. The minimum absolute atomic E-state index is 0. The highest BCUT2D eigenvalue weighted by molar-refractivity contribution is 14.0. The van der Waals surface area contributed by atoms with Gasteiger partial charge >= 0.3 is 0 Å². The largest absolute Gasteiger partial charge is 0.388 e. The van der Waals surface area contributed by atoms with Gasteiger partial charge in [0.2, 0.25) is 0 Å². The molecule has 1 spiro atoms. The Balaban J connectivity index is 0.00000338. The van der Waals surface area contributed by atoms with E-state index < -0.39 is 20.2 Å². The number of guanidine groups is 1. The van der Waals surface area contributed by atoms with E-state index >= 15 is 0 Å². The van der Waals surface area contributed by atoms with Crippen LogP contribution in [0.4, 0.5) is 0 Å². The van der Waals surface area contributed by atoms with E-state index in [-0.39, 0.29) is 29.7 Å². The van der Waals surface area contributed by atoms with Gasteiger partial charge < -0.3 is 15.3 Å². The highest BCUT2D eigenvalue weighted by atomic mass is 127. The summed E-state index contributed by atoms with van der Waals surface area (Å²) in [5.74, 6) is 0.936. The van der Waals surface area contributed by atoms with E-state index in [0.717, 1.165) is 44.6 Å². The van der Waals surface area contributed by atoms with Crippen molar-refractivity contribution in [1.82, 2.24) is 10.2 Å². The van der Waals surface area contributed by atoms with Crippen molar-refractivity contribution in [2.45, 2.75) is 76.1 Å². The van der Waals surface area contributed by atoms with Gasteiger partial charge in [-0.05, 0) is 32.6 Å². The lowest BCUT2D eigenvalue weighted by Gasteiger charge is -2.45. The first-order chi connectivity index (χ1) is 11.8. The summed E-state index contributed by atoms with van der Waals surface area (Å²) in [6, 6.07) is 0. The third kappa shape index (κ3) is 5.25. The molecule has 2 fully saturated rings. The molecule has 2 aliphatic rings. The van der Waals surface area contributed by atoms with Crippen molar-refractivity contribution in [2.75, 3.05) is 31.9 Å². The molecule has 0 unspecified atom stereocenters. The molecule has 0 aromatic carbocycles. The van der Waals surface area contributed by atoms with Crippen molar-refractivity contribution in [3.8, 4) is 0 Å². The van der Waals surface area contributed by atoms with E-state index in [1.165, 1.54) is 0 Å². The summed E-state index contributed by atoms with van der Waals surface area (Å²) in [4.78, 5) is 6.76. The van der Waals surface area contributed by atoms with Crippen molar-refractivity contribution in [3.05, 3.63) is 0 Å². The SMILES string of the molecule is CCNC(=NCC(O)(CC)CC)N1CCS(=O)(=O)C2(CCCCC2)C1.I. The molecular formula is C18H36IN3O3S. The van der Waals surface area contributed by atoms with Gasteiger partial charge in [0, 0.05) is 19.6 Å². The number of hydrogen-bond donors (Lipinski definition) is 2. The number of rotatable bonds is 5. The van der Waals surface area contributed by atoms with E-state index in [1.54, 1.807) is 0 Å². The number of aliphatic imine (C=N–C) groups is 1. The lowest BCUT2D eigenvalue weighted by molar-refractivity contribution is 0.0415. The minimum atomic E-state index is -3.05. The van der Waals surface area contributed by atoms with Crippen LogP contribution in [0.2, 0.25) is 0 Å². The third-order valence-corrected chi connectivity index (χ3v) is 8.58. The highest BCUT2D eigenvalue weighted by Gasteiger charge is 2.48. The Morgan fingerprint density at radius 2 is 1.81 bits per heavy atom. The van der Waals surface area contributed by atoms with E-state index in [0.29, 0.717) is 32.5 Å². The van der Waals surface area contributed by atoms with Gasteiger partial charge in [-0.15, -0.1) is 24.0 Å². The van der Waals surface area contributed by atoms with Crippen molar-refractivity contribution < 1.29 is 13.5 Å². The van der Waals surface area contributed by atoms with Crippen molar-refractivity contribution in [2.24, 2.45) is 4.99 Å². The standard InChI is InChI=1S/C18H35N3O3S.HI/c1-4-17(22,5-2)14-20-16(19-6-3)21-12-13-25(23,24)18(15-21)10-8-7-9-11-18;/h22H,4-15H2,1-3H3,(H,19,20);1H. The fraction of sp³-hybridized carbons (Fsp3) is 0.944. The molecule has 8 heteroatoms. The number of aliphatic hydroxyl groups is 1. The van der Waals surface area contributed by atoms with E-state index in [4.69, 9.17) is 0 Å². The second-order valence-corrected chi connectivity index (χ2v) is 10.1. The van der Waals surface area contributed by atoms with E-state index in [2.05, 4.69) is 15.2 Å². The normalized spacial score (nSPS) is 22.8. The molecule has 1 saturated carbocycles. The van der Waals surface area contributed by atoms with Crippen LogP contribution in [0.25, 0.3) is 0 Å². The van der Waals surface area contributed by atoms with Crippen LogP contribution in [0, 0.1) is 0 Å². The summed E-state index contributed by atoms with van der Waals surface area (Å²) in [6.07, 6.45) is 5.96. The van der Waals surface area contributed by atoms with Crippen LogP contribution in [0.15, 0.2) is 4.99 Å². The van der Waals surface area contributed by atoms with E-state index in [1.807, 2.05) is 20.8 Å². The molecule has 6 nitrogen and oxygen atoms in total. The molecule has 0 radical (unpaired) electrons. The molecule has 2 rings (SSSR count). The Labute approximate surface area is 176 Å². The predicted molar refractivity (Wildman–Crippen MR) is 118 cm³/mol. The molecule has 1 heterocycles. The Kier molecular flexibility index (Phi) is 9.13. The number of hydrogen-bond acceptors (Lipinski definition) is 4. The third-order valence-electron chi connectivity index (χ3n) is 6.01. The monoisotopic (exact) mass is 501 g/mol. The first-order valence-corrected chi connectivity index (χ1v) is 11.4. The molecule has 0 aromatic heterocycles. The Bertz CT molecular complexity index is 570. The van der Waals surface area contributed by atoms with Gasteiger partial charge in [0.15, 0.2) is 15.8 Å². The van der Waals surface area contributed by atoms with Gasteiger partial charge in [0.1, 0.15) is 0 Å². The van der Waals surface area contributed by atoms with E-state index in [9.17, 15) is 13.5 Å². The Morgan fingerprint density at radius 1 is 1.19 bits per heavy atom. The van der Waals surface area contributed by atoms with Crippen LogP contribution < -0.4 is 5.32 Å². The fourth-order valence-corrected chi connectivity index (χ4v) is 6.10. The van der Waals surface area contributed by atoms with Gasteiger partial charge in [-0.3, -0.25) is 4.99 Å². The molecule has 26 heavy (non-hydrogen) atoms. The number of sulfone groups is 1.